The zero-order chi connectivity index (χ0) is 23.5. The van der Waals surface area contributed by atoms with Crippen LogP contribution in [-0.2, 0) is 14.8 Å². The first-order valence-electron chi connectivity index (χ1n) is 11.9. The molecule has 1 amide bonds. The lowest BCUT2D eigenvalue weighted by atomic mass is 10.2. The third kappa shape index (κ3) is 4.88. The van der Waals surface area contributed by atoms with Crippen molar-refractivity contribution in [2.75, 3.05) is 31.1 Å². The average molecular weight is 500 g/mol. The first-order valence-corrected chi connectivity index (χ1v) is 14.2. The molecule has 180 valence electrons. The summed E-state index contributed by atoms with van der Waals surface area (Å²) in [6.07, 6.45) is 5.62. The van der Waals surface area contributed by atoms with Crippen molar-refractivity contribution in [1.82, 2.24) is 9.29 Å². The van der Waals surface area contributed by atoms with E-state index in [9.17, 15) is 13.2 Å². The maximum absolute atomic E-state index is 13.7. The molecule has 2 aliphatic rings. The van der Waals surface area contributed by atoms with Crippen LogP contribution in [0.25, 0.3) is 10.2 Å². The number of sulfonamides is 1. The quantitative estimate of drug-likeness (QED) is 0.492. The SMILES string of the molecule is O=C(c1cccc(S(=O)(=O)N2CCCCCC2)c1)N(C[C@H]1CCCO1)c1nc2ccccc2s1. The number of rotatable bonds is 6. The van der Waals surface area contributed by atoms with E-state index in [1.807, 2.05) is 24.3 Å². The van der Waals surface area contributed by atoms with E-state index in [-0.39, 0.29) is 16.9 Å². The molecule has 34 heavy (non-hydrogen) atoms. The molecule has 2 aliphatic heterocycles. The number of para-hydroxylation sites is 1. The van der Waals surface area contributed by atoms with Gasteiger partial charge in [-0.1, -0.05) is 42.4 Å². The number of hydrogen-bond acceptors (Lipinski definition) is 6. The molecule has 7 nitrogen and oxygen atoms in total. The summed E-state index contributed by atoms with van der Waals surface area (Å²) in [6, 6.07) is 14.2. The molecule has 9 heteroatoms. The summed E-state index contributed by atoms with van der Waals surface area (Å²) in [6.45, 7) is 2.13. The molecule has 0 radical (unpaired) electrons. The molecular formula is C25H29N3O4S2. The number of fused-ring (bicyclic) bond motifs is 1. The number of carbonyl (C=O) groups is 1. The van der Waals surface area contributed by atoms with Gasteiger partial charge < -0.3 is 4.74 Å². The van der Waals surface area contributed by atoms with Crippen molar-refractivity contribution in [2.45, 2.75) is 49.5 Å². The number of anilines is 1. The summed E-state index contributed by atoms with van der Waals surface area (Å²) in [4.78, 5) is 20.3. The van der Waals surface area contributed by atoms with Gasteiger partial charge in [-0.2, -0.15) is 4.31 Å². The lowest BCUT2D eigenvalue weighted by Gasteiger charge is -2.24. The van der Waals surface area contributed by atoms with Gasteiger partial charge in [-0.25, -0.2) is 13.4 Å². The van der Waals surface area contributed by atoms with Crippen LogP contribution in [0.3, 0.4) is 0 Å². The average Bonchev–Trinajstić information content (AvgIpc) is 3.44. The van der Waals surface area contributed by atoms with Gasteiger partial charge in [0.25, 0.3) is 5.91 Å². The second-order valence-electron chi connectivity index (χ2n) is 8.86. The molecule has 1 aromatic heterocycles. The van der Waals surface area contributed by atoms with Crippen LogP contribution in [-0.4, -0.2) is 56.0 Å². The van der Waals surface area contributed by atoms with Gasteiger partial charge in [0.15, 0.2) is 5.13 Å². The van der Waals surface area contributed by atoms with Crippen molar-refractivity contribution in [2.24, 2.45) is 0 Å². The maximum atomic E-state index is 13.7. The Balaban J connectivity index is 1.47. The summed E-state index contributed by atoms with van der Waals surface area (Å²) in [5, 5.41) is 0.600. The molecule has 2 saturated heterocycles. The fourth-order valence-corrected chi connectivity index (χ4v) is 7.13. The highest BCUT2D eigenvalue weighted by atomic mass is 32.2. The fourth-order valence-electron chi connectivity index (χ4n) is 4.59. The number of carbonyl (C=O) groups excluding carboxylic acids is 1. The van der Waals surface area contributed by atoms with E-state index in [1.165, 1.54) is 17.4 Å². The molecule has 0 unspecified atom stereocenters. The van der Waals surface area contributed by atoms with Gasteiger partial charge in [-0.05, 0) is 56.0 Å². The van der Waals surface area contributed by atoms with Crippen molar-refractivity contribution in [3.05, 3.63) is 54.1 Å². The van der Waals surface area contributed by atoms with Gasteiger partial charge in [-0.3, -0.25) is 9.69 Å². The lowest BCUT2D eigenvalue weighted by molar-refractivity contribution is 0.0917. The molecular weight excluding hydrogens is 470 g/mol. The zero-order valence-corrected chi connectivity index (χ0v) is 20.7. The summed E-state index contributed by atoms with van der Waals surface area (Å²) in [5.74, 6) is -0.262. The second-order valence-corrected chi connectivity index (χ2v) is 11.8. The van der Waals surface area contributed by atoms with Crippen molar-refractivity contribution in [1.29, 1.82) is 0 Å². The molecule has 2 fully saturated rings. The molecule has 0 N–H and O–H groups in total. The third-order valence-electron chi connectivity index (χ3n) is 6.45. The van der Waals surface area contributed by atoms with Crippen LogP contribution < -0.4 is 4.90 Å². The Kier molecular flexibility index (Phi) is 6.96. The van der Waals surface area contributed by atoms with E-state index >= 15 is 0 Å². The molecule has 0 aliphatic carbocycles. The van der Waals surface area contributed by atoms with Crippen molar-refractivity contribution < 1.29 is 17.9 Å². The highest BCUT2D eigenvalue weighted by Crippen LogP contribution is 2.31. The Labute approximate surface area is 204 Å². The molecule has 0 saturated carbocycles. The van der Waals surface area contributed by atoms with E-state index in [0.29, 0.717) is 36.9 Å². The highest BCUT2D eigenvalue weighted by Gasteiger charge is 2.29. The third-order valence-corrected chi connectivity index (χ3v) is 9.41. The molecule has 1 atom stereocenters. The molecule has 0 spiro atoms. The van der Waals surface area contributed by atoms with Crippen LogP contribution in [0.4, 0.5) is 5.13 Å². The largest absolute Gasteiger partial charge is 0.376 e. The smallest absolute Gasteiger partial charge is 0.260 e. The first kappa shape index (κ1) is 23.4. The molecule has 0 bridgehead atoms. The Morgan fingerprint density at radius 3 is 2.59 bits per heavy atom. The van der Waals surface area contributed by atoms with Gasteiger partial charge in [0.2, 0.25) is 10.0 Å². The van der Waals surface area contributed by atoms with Gasteiger partial charge in [0.1, 0.15) is 0 Å². The van der Waals surface area contributed by atoms with Gasteiger partial charge >= 0.3 is 0 Å². The number of ether oxygens (including phenoxy) is 1. The Morgan fingerprint density at radius 1 is 1.06 bits per heavy atom. The maximum Gasteiger partial charge on any atom is 0.260 e. The van der Waals surface area contributed by atoms with Crippen molar-refractivity contribution >= 4 is 42.6 Å². The van der Waals surface area contributed by atoms with Gasteiger partial charge in [0, 0.05) is 25.3 Å². The number of amides is 1. The van der Waals surface area contributed by atoms with Crippen LogP contribution in [0.2, 0.25) is 0 Å². The van der Waals surface area contributed by atoms with Crippen LogP contribution in [0.5, 0.6) is 0 Å². The molecule has 2 aromatic carbocycles. The normalized spacial score (nSPS) is 19.8. The predicted octanol–water partition coefficient (Wildman–Crippen LogP) is 4.69. The fraction of sp³-hybridized carbons (Fsp3) is 0.440. The van der Waals surface area contributed by atoms with Crippen molar-refractivity contribution in [3.63, 3.8) is 0 Å². The number of hydrogen-bond donors (Lipinski definition) is 0. The Morgan fingerprint density at radius 2 is 1.85 bits per heavy atom. The second kappa shape index (κ2) is 10.1. The molecule has 3 heterocycles. The van der Waals surface area contributed by atoms with Crippen molar-refractivity contribution in [3.8, 4) is 0 Å². The molecule has 5 rings (SSSR count). The number of benzene rings is 2. The monoisotopic (exact) mass is 499 g/mol. The van der Waals surface area contributed by atoms with E-state index in [0.717, 1.165) is 48.7 Å². The Bertz CT molecular complexity index is 1230. The van der Waals surface area contributed by atoms with Crippen LogP contribution in [0.15, 0.2) is 53.4 Å². The van der Waals surface area contributed by atoms with Crippen LogP contribution in [0.1, 0.15) is 48.9 Å². The summed E-state index contributed by atoms with van der Waals surface area (Å²) in [7, 11) is -3.65. The zero-order valence-electron chi connectivity index (χ0n) is 19.1. The first-order chi connectivity index (χ1) is 16.5. The minimum atomic E-state index is -3.65. The van der Waals surface area contributed by atoms with Gasteiger partial charge in [-0.15, -0.1) is 0 Å². The minimum Gasteiger partial charge on any atom is -0.376 e. The number of thiazole rings is 1. The van der Waals surface area contributed by atoms with Gasteiger partial charge in [0.05, 0.1) is 27.8 Å². The number of aromatic nitrogens is 1. The van der Waals surface area contributed by atoms with E-state index in [4.69, 9.17) is 9.72 Å². The lowest BCUT2D eigenvalue weighted by Crippen LogP contribution is -2.37. The van der Waals surface area contributed by atoms with E-state index in [1.54, 1.807) is 27.4 Å². The molecule has 3 aromatic rings. The minimum absolute atomic E-state index is 0.0556. The number of nitrogens with zero attached hydrogens (tertiary/aromatic N) is 3. The summed E-state index contributed by atoms with van der Waals surface area (Å²) < 4.78 is 35.0. The standard InChI is InChI=1S/C25H29N3O4S2/c29-24(19-9-7-11-21(17-19)34(30,31)27-14-5-1-2-6-15-27)28(18-20-10-8-16-32-20)25-26-22-12-3-4-13-23(22)33-25/h3-4,7,9,11-13,17,20H,1-2,5-6,8,10,14-16,18H2/t20-/m1/s1. The topological polar surface area (TPSA) is 79.8 Å². The summed E-state index contributed by atoms with van der Waals surface area (Å²) in [5.41, 5.74) is 1.18. The Hall–Kier alpha value is -2.33. The highest BCUT2D eigenvalue weighted by molar-refractivity contribution is 7.89. The van der Waals surface area contributed by atoms with E-state index in [2.05, 4.69) is 0 Å². The van der Waals surface area contributed by atoms with Crippen LogP contribution in [0, 0.1) is 0 Å². The summed E-state index contributed by atoms with van der Waals surface area (Å²) >= 11 is 1.46. The predicted molar refractivity (Wildman–Crippen MR) is 134 cm³/mol. The van der Waals surface area contributed by atoms with E-state index < -0.39 is 10.0 Å². The van der Waals surface area contributed by atoms with Crippen LogP contribution >= 0.6 is 11.3 Å².